The first-order chi connectivity index (χ1) is 9.65. The van der Waals surface area contributed by atoms with Crippen molar-refractivity contribution in [3.8, 4) is 0 Å². The lowest BCUT2D eigenvalue weighted by Gasteiger charge is -2.13. The van der Waals surface area contributed by atoms with Crippen LogP contribution in [0, 0.1) is 0 Å². The zero-order valence-corrected chi connectivity index (χ0v) is 11.6. The lowest BCUT2D eigenvalue weighted by Crippen LogP contribution is -2.31. The molecule has 3 amide bonds. The molecule has 0 aromatic heterocycles. The largest absolute Gasteiger partial charge is 0.379 e. The highest BCUT2D eigenvalue weighted by Gasteiger charge is 2.22. The Hall–Kier alpha value is -1.73. The van der Waals surface area contributed by atoms with Gasteiger partial charge >= 0.3 is 0 Å². The summed E-state index contributed by atoms with van der Waals surface area (Å²) in [5.74, 6) is -0.598. The Morgan fingerprint density at radius 3 is 2.30 bits per heavy atom. The molecule has 0 fully saturated rings. The number of carbonyl (C=O) groups is 3. The fourth-order valence-electron chi connectivity index (χ4n) is 1.59. The lowest BCUT2D eigenvalue weighted by molar-refractivity contribution is -0.137. The van der Waals surface area contributed by atoms with Crippen molar-refractivity contribution in [2.75, 3.05) is 40.0 Å². The standard InChI is InChI=1S/C13H20N2O5/c1-14-11(16)5-8-20-10-9-19-7-2-6-15-12(17)3-4-13(15)18/h3-4H,2,5-10H2,1H3,(H,14,16). The number of hydrogen-bond donors (Lipinski definition) is 1. The molecular formula is C13H20N2O5. The van der Waals surface area contributed by atoms with Crippen LogP contribution in [-0.2, 0) is 23.9 Å². The minimum absolute atomic E-state index is 0.0560. The van der Waals surface area contributed by atoms with Crippen LogP contribution in [0.4, 0.5) is 0 Å². The minimum atomic E-state index is -0.271. The number of ether oxygens (including phenoxy) is 2. The quantitative estimate of drug-likeness (QED) is 0.430. The first kappa shape index (κ1) is 16.3. The molecule has 0 aromatic rings. The SMILES string of the molecule is CNC(=O)CCOCCOCCCN1C(=O)C=CC1=O. The van der Waals surface area contributed by atoms with Crippen molar-refractivity contribution in [1.29, 1.82) is 0 Å². The van der Waals surface area contributed by atoms with E-state index in [1.54, 1.807) is 7.05 Å². The summed E-state index contributed by atoms with van der Waals surface area (Å²) in [4.78, 5) is 34.5. The maximum Gasteiger partial charge on any atom is 0.253 e. The van der Waals surface area contributed by atoms with Crippen LogP contribution >= 0.6 is 0 Å². The first-order valence-corrected chi connectivity index (χ1v) is 6.54. The molecule has 1 N–H and O–H groups in total. The van der Waals surface area contributed by atoms with Crippen molar-refractivity contribution in [1.82, 2.24) is 10.2 Å². The summed E-state index contributed by atoms with van der Waals surface area (Å²) >= 11 is 0. The van der Waals surface area contributed by atoms with Gasteiger partial charge in [0.15, 0.2) is 0 Å². The van der Waals surface area contributed by atoms with Crippen LogP contribution in [0.3, 0.4) is 0 Å². The Kier molecular flexibility index (Phi) is 7.52. The van der Waals surface area contributed by atoms with Crippen molar-refractivity contribution in [2.45, 2.75) is 12.8 Å². The van der Waals surface area contributed by atoms with E-state index in [-0.39, 0.29) is 17.7 Å². The topological polar surface area (TPSA) is 84.9 Å². The zero-order chi connectivity index (χ0) is 14.8. The molecule has 0 radical (unpaired) electrons. The Morgan fingerprint density at radius 2 is 1.70 bits per heavy atom. The van der Waals surface area contributed by atoms with E-state index in [9.17, 15) is 14.4 Å². The molecule has 1 heterocycles. The van der Waals surface area contributed by atoms with Crippen LogP contribution in [0.5, 0.6) is 0 Å². The van der Waals surface area contributed by atoms with Gasteiger partial charge in [-0.3, -0.25) is 19.3 Å². The van der Waals surface area contributed by atoms with E-state index in [2.05, 4.69) is 5.32 Å². The highest BCUT2D eigenvalue weighted by atomic mass is 16.5. The van der Waals surface area contributed by atoms with Gasteiger partial charge in [0.2, 0.25) is 5.91 Å². The Balaban J connectivity index is 1.89. The third-order valence-corrected chi connectivity index (χ3v) is 2.70. The second-order valence-electron chi connectivity index (χ2n) is 4.16. The van der Waals surface area contributed by atoms with Crippen molar-refractivity contribution in [2.24, 2.45) is 0 Å². The Morgan fingerprint density at radius 1 is 1.10 bits per heavy atom. The van der Waals surface area contributed by atoms with Gasteiger partial charge in [-0.15, -0.1) is 0 Å². The minimum Gasteiger partial charge on any atom is -0.379 e. The van der Waals surface area contributed by atoms with E-state index in [0.29, 0.717) is 45.8 Å². The molecule has 7 nitrogen and oxygen atoms in total. The molecule has 0 saturated carbocycles. The fourth-order valence-corrected chi connectivity index (χ4v) is 1.59. The maximum atomic E-state index is 11.2. The van der Waals surface area contributed by atoms with E-state index in [4.69, 9.17) is 9.47 Å². The van der Waals surface area contributed by atoms with Crippen LogP contribution in [-0.4, -0.2) is 62.6 Å². The second kappa shape index (κ2) is 9.22. The summed E-state index contributed by atoms with van der Waals surface area (Å²) < 4.78 is 10.5. The number of nitrogens with zero attached hydrogens (tertiary/aromatic N) is 1. The molecule has 0 saturated heterocycles. The van der Waals surface area contributed by atoms with Gasteiger partial charge < -0.3 is 14.8 Å². The monoisotopic (exact) mass is 284 g/mol. The van der Waals surface area contributed by atoms with E-state index in [0.717, 1.165) is 0 Å². The van der Waals surface area contributed by atoms with Gasteiger partial charge in [0, 0.05) is 38.8 Å². The number of rotatable bonds is 10. The third kappa shape index (κ3) is 5.94. The van der Waals surface area contributed by atoms with Crippen LogP contribution in [0.1, 0.15) is 12.8 Å². The van der Waals surface area contributed by atoms with E-state index in [1.807, 2.05) is 0 Å². The molecule has 0 unspecified atom stereocenters. The van der Waals surface area contributed by atoms with Gasteiger partial charge in [-0.25, -0.2) is 0 Å². The second-order valence-corrected chi connectivity index (χ2v) is 4.16. The molecule has 0 atom stereocenters. The average Bonchev–Trinajstić information content (AvgIpc) is 2.76. The molecule has 1 aliphatic rings. The normalized spacial score (nSPS) is 14.2. The maximum absolute atomic E-state index is 11.2. The highest BCUT2D eigenvalue weighted by molar-refractivity contribution is 6.12. The lowest BCUT2D eigenvalue weighted by atomic mass is 10.4. The number of amides is 3. The predicted molar refractivity (Wildman–Crippen MR) is 70.8 cm³/mol. The smallest absolute Gasteiger partial charge is 0.253 e. The summed E-state index contributed by atoms with van der Waals surface area (Å²) in [6.45, 7) is 2.03. The van der Waals surface area contributed by atoms with Crippen LogP contribution in [0.2, 0.25) is 0 Å². The Labute approximate surface area is 117 Å². The molecule has 1 rings (SSSR count). The molecule has 0 spiro atoms. The summed E-state index contributed by atoms with van der Waals surface area (Å²) in [5, 5.41) is 2.50. The number of carbonyl (C=O) groups excluding carboxylic acids is 3. The molecule has 0 bridgehead atoms. The summed E-state index contributed by atoms with van der Waals surface area (Å²) in [6.07, 6.45) is 3.47. The predicted octanol–water partition coefficient (Wildman–Crippen LogP) is -0.529. The number of nitrogens with one attached hydrogen (secondary N) is 1. The fraction of sp³-hybridized carbons (Fsp3) is 0.615. The average molecular weight is 284 g/mol. The molecule has 1 aliphatic heterocycles. The van der Waals surface area contributed by atoms with E-state index in [1.165, 1.54) is 17.1 Å². The molecular weight excluding hydrogens is 264 g/mol. The van der Waals surface area contributed by atoms with Gasteiger partial charge in [-0.05, 0) is 6.42 Å². The zero-order valence-electron chi connectivity index (χ0n) is 11.6. The molecule has 7 heteroatoms. The van der Waals surface area contributed by atoms with Gasteiger partial charge in [-0.2, -0.15) is 0 Å². The number of hydrogen-bond acceptors (Lipinski definition) is 5. The van der Waals surface area contributed by atoms with E-state index < -0.39 is 0 Å². The van der Waals surface area contributed by atoms with Crippen LogP contribution in [0.15, 0.2) is 12.2 Å². The highest BCUT2D eigenvalue weighted by Crippen LogP contribution is 2.03. The van der Waals surface area contributed by atoms with E-state index >= 15 is 0 Å². The summed E-state index contributed by atoms with van der Waals surface area (Å²) in [7, 11) is 1.58. The first-order valence-electron chi connectivity index (χ1n) is 6.54. The van der Waals surface area contributed by atoms with Gasteiger partial charge in [0.1, 0.15) is 0 Å². The van der Waals surface area contributed by atoms with Crippen molar-refractivity contribution < 1.29 is 23.9 Å². The van der Waals surface area contributed by atoms with Crippen molar-refractivity contribution >= 4 is 17.7 Å². The van der Waals surface area contributed by atoms with Gasteiger partial charge in [0.25, 0.3) is 11.8 Å². The third-order valence-electron chi connectivity index (χ3n) is 2.70. The number of imide groups is 1. The van der Waals surface area contributed by atoms with Crippen molar-refractivity contribution in [3.05, 3.63) is 12.2 Å². The molecule has 112 valence electrons. The summed E-state index contributed by atoms with van der Waals surface area (Å²) in [5.41, 5.74) is 0. The van der Waals surface area contributed by atoms with Crippen molar-refractivity contribution in [3.63, 3.8) is 0 Å². The van der Waals surface area contributed by atoms with Gasteiger partial charge in [-0.1, -0.05) is 0 Å². The van der Waals surface area contributed by atoms with Crippen LogP contribution < -0.4 is 5.32 Å². The molecule has 0 aromatic carbocycles. The molecule has 20 heavy (non-hydrogen) atoms. The molecule has 0 aliphatic carbocycles. The van der Waals surface area contributed by atoms with Gasteiger partial charge in [0.05, 0.1) is 19.8 Å². The summed E-state index contributed by atoms with van der Waals surface area (Å²) in [6, 6.07) is 0. The van der Waals surface area contributed by atoms with Crippen LogP contribution in [0.25, 0.3) is 0 Å². The Bertz CT molecular complexity index is 363.